The monoisotopic (exact) mass is 372 g/mol. The molecule has 1 fully saturated rings. The number of rotatable bonds is 5. The van der Waals surface area contributed by atoms with E-state index in [2.05, 4.69) is 0 Å². The number of nitrogens with zero attached hydrogens (tertiary/aromatic N) is 2. The second kappa shape index (κ2) is 7.06. The highest BCUT2D eigenvalue weighted by Gasteiger charge is 2.23. The fourth-order valence-corrected chi connectivity index (χ4v) is 3.63. The fraction of sp³-hybridized carbons (Fsp3) is 0.222. The molecule has 1 aliphatic heterocycles. The highest BCUT2D eigenvalue weighted by atomic mass is 32.2. The lowest BCUT2D eigenvalue weighted by Gasteiger charge is -2.16. The van der Waals surface area contributed by atoms with E-state index in [4.69, 9.17) is 14.2 Å². The number of ether oxygens (including phenoxy) is 1. The fourth-order valence-electron chi connectivity index (χ4n) is 2.69. The minimum Gasteiger partial charge on any atom is -0.493 e. The normalized spacial score (nSPS) is 14.2. The van der Waals surface area contributed by atoms with Crippen molar-refractivity contribution in [1.29, 1.82) is 5.26 Å². The molecular formula is C18H16N2O5S. The molecule has 2 aromatic rings. The van der Waals surface area contributed by atoms with Gasteiger partial charge in [0.25, 0.3) is 0 Å². The lowest BCUT2D eigenvalue weighted by molar-refractivity contribution is -0.117. The zero-order valence-electron chi connectivity index (χ0n) is 14.0. The van der Waals surface area contributed by atoms with Crippen LogP contribution in [0.25, 0.3) is 0 Å². The molecule has 8 heteroatoms. The summed E-state index contributed by atoms with van der Waals surface area (Å²) >= 11 is 0. The molecule has 26 heavy (non-hydrogen) atoms. The summed E-state index contributed by atoms with van der Waals surface area (Å²) < 4.78 is 35.2. The van der Waals surface area contributed by atoms with Crippen molar-refractivity contribution in [1.82, 2.24) is 0 Å². The molecule has 0 radical (unpaired) electrons. The molecule has 0 spiro atoms. The summed E-state index contributed by atoms with van der Waals surface area (Å²) in [6.07, 6.45) is 1.29. The smallest absolute Gasteiger partial charge is 0.339 e. The van der Waals surface area contributed by atoms with E-state index in [1.807, 2.05) is 6.07 Å². The first-order valence-electron chi connectivity index (χ1n) is 7.87. The van der Waals surface area contributed by atoms with Gasteiger partial charge in [-0.25, -0.2) is 0 Å². The molecule has 0 N–H and O–H groups in total. The Morgan fingerprint density at radius 3 is 2.42 bits per heavy atom. The lowest BCUT2D eigenvalue weighted by Crippen LogP contribution is -2.23. The van der Waals surface area contributed by atoms with E-state index < -0.39 is 10.1 Å². The van der Waals surface area contributed by atoms with Gasteiger partial charge in [0.15, 0.2) is 11.5 Å². The van der Waals surface area contributed by atoms with Crippen molar-refractivity contribution < 1.29 is 22.1 Å². The second-order valence-corrected chi connectivity index (χ2v) is 7.20. The topological polar surface area (TPSA) is 96.7 Å². The molecule has 1 saturated heterocycles. The van der Waals surface area contributed by atoms with Crippen LogP contribution in [0.5, 0.6) is 11.5 Å². The van der Waals surface area contributed by atoms with E-state index in [1.54, 1.807) is 17.0 Å². The molecule has 1 amide bonds. The molecule has 0 atom stereocenters. The van der Waals surface area contributed by atoms with Crippen molar-refractivity contribution in [3.8, 4) is 17.6 Å². The number of carbonyl (C=O) groups is 1. The Balaban J connectivity index is 1.85. The van der Waals surface area contributed by atoms with Crippen LogP contribution in [0.15, 0.2) is 47.4 Å². The van der Waals surface area contributed by atoms with Gasteiger partial charge in [-0.3, -0.25) is 4.79 Å². The van der Waals surface area contributed by atoms with Gasteiger partial charge < -0.3 is 13.8 Å². The number of hydrogen-bond acceptors (Lipinski definition) is 6. The molecule has 1 aliphatic rings. The highest BCUT2D eigenvalue weighted by Crippen LogP contribution is 2.31. The SMILES string of the molecule is COc1cc(C#N)ccc1OS(=O)(=O)c1ccc(N2CCCC2=O)cc1. The van der Waals surface area contributed by atoms with Crippen molar-refractivity contribution in [3.63, 3.8) is 0 Å². The van der Waals surface area contributed by atoms with Crippen LogP contribution in [0.2, 0.25) is 0 Å². The van der Waals surface area contributed by atoms with Crippen molar-refractivity contribution in [2.24, 2.45) is 0 Å². The molecular weight excluding hydrogens is 356 g/mol. The van der Waals surface area contributed by atoms with Crippen LogP contribution in [0, 0.1) is 11.3 Å². The van der Waals surface area contributed by atoms with Crippen LogP contribution in [-0.4, -0.2) is 28.0 Å². The van der Waals surface area contributed by atoms with Crippen LogP contribution in [-0.2, 0) is 14.9 Å². The first-order valence-corrected chi connectivity index (χ1v) is 9.28. The van der Waals surface area contributed by atoms with E-state index in [9.17, 15) is 13.2 Å². The number of amides is 1. The van der Waals surface area contributed by atoms with Crippen LogP contribution in [0.3, 0.4) is 0 Å². The Labute approximate surface area is 151 Å². The second-order valence-electron chi connectivity index (χ2n) is 5.66. The summed E-state index contributed by atoms with van der Waals surface area (Å²) in [6.45, 7) is 0.629. The quantitative estimate of drug-likeness (QED) is 0.748. The zero-order chi connectivity index (χ0) is 18.7. The zero-order valence-corrected chi connectivity index (χ0v) is 14.8. The Morgan fingerprint density at radius 2 is 1.85 bits per heavy atom. The van der Waals surface area contributed by atoms with Gasteiger partial charge in [-0.2, -0.15) is 13.7 Å². The number of anilines is 1. The summed E-state index contributed by atoms with van der Waals surface area (Å²) in [5.41, 5.74) is 0.980. The van der Waals surface area contributed by atoms with Crippen LogP contribution >= 0.6 is 0 Å². The standard InChI is InChI=1S/C18H16N2O5S/c1-24-17-11-13(12-19)4-9-16(17)25-26(22,23)15-7-5-14(6-8-15)20-10-2-3-18(20)21/h4-9,11H,2-3,10H2,1H3. The van der Waals surface area contributed by atoms with Crippen molar-refractivity contribution in [2.45, 2.75) is 17.7 Å². The maximum absolute atomic E-state index is 12.5. The van der Waals surface area contributed by atoms with Gasteiger partial charge in [0.1, 0.15) is 4.90 Å². The molecule has 0 aliphatic carbocycles. The minimum atomic E-state index is -4.09. The van der Waals surface area contributed by atoms with E-state index in [-0.39, 0.29) is 22.3 Å². The van der Waals surface area contributed by atoms with Crippen LogP contribution < -0.4 is 13.8 Å². The molecule has 0 saturated carbocycles. The van der Waals surface area contributed by atoms with Gasteiger partial charge in [-0.05, 0) is 42.8 Å². The molecule has 7 nitrogen and oxygen atoms in total. The number of hydrogen-bond donors (Lipinski definition) is 0. The number of carbonyl (C=O) groups excluding carboxylic acids is 1. The summed E-state index contributed by atoms with van der Waals surface area (Å²) in [6, 6.07) is 12.1. The third kappa shape index (κ3) is 3.48. The highest BCUT2D eigenvalue weighted by molar-refractivity contribution is 7.87. The van der Waals surface area contributed by atoms with Gasteiger partial charge in [0.05, 0.1) is 18.7 Å². The van der Waals surface area contributed by atoms with E-state index in [1.165, 1.54) is 37.4 Å². The van der Waals surface area contributed by atoms with Crippen molar-refractivity contribution >= 4 is 21.7 Å². The predicted molar refractivity (Wildman–Crippen MR) is 93.6 cm³/mol. The minimum absolute atomic E-state index is 0.00898. The largest absolute Gasteiger partial charge is 0.493 e. The summed E-state index contributed by atoms with van der Waals surface area (Å²) in [4.78, 5) is 13.4. The Hall–Kier alpha value is -3.05. The Bertz CT molecular complexity index is 978. The van der Waals surface area contributed by atoms with Gasteiger partial charge in [0.2, 0.25) is 5.91 Å². The van der Waals surface area contributed by atoms with Gasteiger partial charge in [0, 0.05) is 24.7 Å². The molecule has 3 rings (SSSR count). The van der Waals surface area contributed by atoms with E-state index in [0.717, 1.165) is 6.42 Å². The van der Waals surface area contributed by atoms with Crippen LogP contribution in [0.1, 0.15) is 18.4 Å². The first-order chi connectivity index (χ1) is 12.4. The van der Waals surface area contributed by atoms with Crippen LogP contribution in [0.4, 0.5) is 5.69 Å². The average Bonchev–Trinajstić information content (AvgIpc) is 3.08. The third-order valence-corrected chi connectivity index (χ3v) is 5.25. The molecule has 2 aromatic carbocycles. The molecule has 1 heterocycles. The molecule has 0 unspecified atom stereocenters. The van der Waals surface area contributed by atoms with Gasteiger partial charge in [-0.1, -0.05) is 0 Å². The van der Waals surface area contributed by atoms with Crippen molar-refractivity contribution in [3.05, 3.63) is 48.0 Å². The number of benzene rings is 2. The van der Waals surface area contributed by atoms with Gasteiger partial charge >= 0.3 is 10.1 Å². The summed E-state index contributed by atoms with van der Waals surface area (Å²) in [5, 5.41) is 8.90. The maximum Gasteiger partial charge on any atom is 0.339 e. The Kier molecular flexibility index (Phi) is 4.82. The number of methoxy groups -OCH3 is 1. The maximum atomic E-state index is 12.5. The first kappa shape index (κ1) is 17.8. The van der Waals surface area contributed by atoms with Crippen molar-refractivity contribution in [2.75, 3.05) is 18.6 Å². The summed E-state index contributed by atoms with van der Waals surface area (Å²) in [5.74, 6) is 0.163. The number of nitriles is 1. The van der Waals surface area contributed by atoms with Gasteiger partial charge in [-0.15, -0.1) is 0 Å². The van der Waals surface area contributed by atoms with E-state index in [0.29, 0.717) is 24.2 Å². The third-order valence-electron chi connectivity index (χ3n) is 4.00. The lowest BCUT2D eigenvalue weighted by atomic mass is 10.2. The summed E-state index contributed by atoms with van der Waals surface area (Å²) in [7, 11) is -2.73. The average molecular weight is 372 g/mol. The van der Waals surface area contributed by atoms with E-state index >= 15 is 0 Å². The molecule has 0 aromatic heterocycles. The Morgan fingerprint density at radius 1 is 1.12 bits per heavy atom. The predicted octanol–water partition coefficient (Wildman–Crippen LogP) is 2.46. The molecule has 134 valence electrons. The molecule has 0 bridgehead atoms.